The van der Waals surface area contributed by atoms with Crippen LogP contribution in [0.3, 0.4) is 0 Å². The lowest BCUT2D eigenvalue weighted by molar-refractivity contribution is 0.413. The Morgan fingerprint density at radius 3 is 2.60 bits per heavy atom. The van der Waals surface area contributed by atoms with E-state index < -0.39 is 7.12 Å². The highest BCUT2D eigenvalue weighted by molar-refractivity contribution is 7.98. The van der Waals surface area contributed by atoms with E-state index in [2.05, 4.69) is 19.1 Å². The molecule has 0 radical (unpaired) electrons. The maximum atomic E-state index is 9.41. The van der Waals surface area contributed by atoms with E-state index in [1.165, 1.54) is 5.56 Å². The van der Waals surface area contributed by atoms with Gasteiger partial charge in [-0.2, -0.15) is 0 Å². The van der Waals surface area contributed by atoms with Gasteiger partial charge in [-0.15, -0.1) is 11.8 Å². The Hall–Kier alpha value is -1.43. The number of benzene rings is 2. The second-order valence-electron chi connectivity index (χ2n) is 4.54. The summed E-state index contributed by atoms with van der Waals surface area (Å²) >= 11 is 1.66. The standard InChI is InChI=1S/C15H17BO3S/c1-11-4-3-5-14(8-11)20-10-12-9-13(19-2)6-7-15(12)16(17)18/h3-9,17-18H,10H2,1-2H3. The zero-order chi connectivity index (χ0) is 14.5. The van der Waals surface area contributed by atoms with Gasteiger partial charge in [0.1, 0.15) is 5.75 Å². The van der Waals surface area contributed by atoms with Crippen LogP contribution in [0.5, 0.6) is 5.75 Å². The van der Waals surface area contributed by atoms with E-state index in [1.807, 2.05) is 18.2 Å². The van der Waals surface area contributed by atoms with Crippen LogP contribution in [-0.4, -0.2) is 24.3 Å². The average Bonchev–Trinajstić information content (AvgIpc) is 2.44. The molecule has 0 aliphatic heterocycles. The molecule has 0 atom stereocenters. The molecule has 104 valence electrons. The summed E-state index contributed by atoms with van der Waals surface area (Å²) in [5.74, 6) is 1.38. The first-order valence-corrected chi connectivity index (χ1v) is 7.31. The molecule has 0 heterocycles. The van der Waals surface area contributed by atoms with E-state index in [1.54, 1.807) is 31.0 Å². The van der Waals surface area contributed by atoms with Crippen molar-refractivity contribution >= 4 is 24.3 Å². The minimum absolute atomic E-state index is 0.519. The fraction of sp³-hybridized carbons (Fsp3) is 0.200. The Kier molecular flexibility index (Phi) is 5.12. The second kappa shape index (κ2) is 6.84. The second-order valence-corrected chi connectivity index (χ2v) is 5.59. The van der Waals surface area contributed by atoms with Crippen LogP contribution in [0, 0.1) is 6.92 Å². The maximum Gasteiger partial charge on any atom is 0.488 e. The molecule has 0 fully saturated rings. The molecule has 2 aromatic rings. The van der Waals surface area contributed by atoms with Crippen LogP contribution in [-0.2, 0) is 5.75 Å². The third-order valence-electron chi connectivity index (χ3n) is 3.01. The summed E-state index contributed by atoms with van der Waals surface area (Å²) in [6.07, 6.45) is 0. The molecule has 2 N–H and O–H groups in total. The maximum absolute atomic E-state index is 9.41. The third kappa shape index (κ3) is 3.79. The molecule has 2 rings (SSSR count). The Morgan fingerprint density at radius 1 is 1.15 bits per heavy atom. The predicted octanol–water partition coefficient (Wildman–Crippen LogP) is 1.98. The molecule has 3 nitrogen and oxygen atoms in total. The van der Waals surface area contributed by atoms with Crippen LogP contribution >= 0.6 is 11.8 Å². The quantitative estimate of drug-likeness (QED) is 0.652. The monoisotopic (exact) mass is 288 g/mol. The normalized spacial score (nSPS) is 10.4. The Bertz CT molecular complexity index is 587. The van der Waals surface area contributed by atoms with Gasteiger partial charge in [0.05, 0.1) is 7.11 Å². The van der Waals surface area contributed by atoms with Crippen molar-refractivity contribution in [2.24, 2.45) is 0 Å². The fourth-order valence-electron chi connectivity index (χ4n) is 1.95. The van der Waals surface area contributed by atoms with Gasteiger partial charge in [0.2, 0.25) is 0 Å². The molecule has 20 heavy (non-hydrogen) atoms. The molecule has 0 aliphatic rings. The van der Waals surface area contributed by atoms with E-state index in [0.29, 0.717) is 17.0 Å². The van der Waals surface area contributed by atoms with Gasteiger partial charge in [-0.3, -0.25) is 0 Å². The number of rotatable bonds is 5. The van der Waals surface area contributed by atoms with E-state index >= 15 is 0 Å². The highest BCUT2D eigenvalue weighted by Gasteiger charge is 2.16. The highest BCUT2D eigenvalue weighted by atomic mass is 32.2. The number of hydrogen-bond acceptors (Lipinski definition) is 4. The summed E-state index contributed by atoms with van der Waals surface area (Å²) in [4.78, 5) is 1.16. The van der Waals surface area contributed by atoms with Crippen molar-refractivity contribution in [2.75, 3.05) is 7.11 Å². The summed E-state index contributed by atoms with van der Waals surface area (Å²) in [5.41, 5.74) is 2.60. The van der Waals surface area contributed by atoms with Gasteiger partial charge in [-0.05, 0) is 42.2 Å². The molecule has 0 unspecified atom stereocenters. The number of aryl methyl sites for hydroxylation is 1. The number of hydrogen-bond donors (Lipinski definition) is 2. The van der Waals surface area contributed by atoms with Crippen molar-refractivity contribution in [3.05, 3.63) is 53.6 Å². The molecule has 0 bridgehead atoms. The van der Waals surface area contributed by atoms with E-state index in [0.717, 1.165) is 10.5 Å². The lowest BCUT2D eigenvalue weighted by atomic mass is 9.77. The van der Waals surface area contributed by atoms with Gasteiger partial charge >= 0.3 is 7.12 Å². The van der Waals surface area contributed by atoms with Gasteiger partial charge in [0, 0.05) is 10.6 Å². The minimum Gasteiger partial charge on any atom is -0.497 e. The van der Waals surface area contributed by atoms with Crippen LogP contribution < -0.4 is 10.2 Å². The van der Waals surface area contributed by atoms with Gasteiger partial charge in [-0.1, -0.05) is 23.8 Å². The summed E-state index contributed by atoms with van der Waals surface area (Å²) in [5, 5.41) is 18.8. The molecule has 0 aliphatic carbocycles. The lowest BCUT2D eigenvalue weighted by Gasteiger charge is -2.11. The molecule has 2 aromatic carbocycles. The SMILES string of the molecule is COc1ccc(B(O)O)c(CSc2cccc(C)c2)c1. The summed E-state index contributed by atoms with van der Waals surface area (Å²) in [7, 11) is 0.135. The first-order chi connectivity index (χ1) is 9.60. The van der Waals surface area contributed by atoms with Crippen molar-refractivity contribution in [3.63, 3.8) is 0 Å². The third-order valence-corrected chi connectivity index (χ3v) is 4.05. The van der Waals surface area contributed by atoms with Crippen molar-refractivity contribution < 1.29 is 14.8 Å². The molecular formula is C15H17BO3S. The van der Waals surface area contributed by atoms with Crippen LogP contribution in [0.4, 0.5) is 0 Å². The lowest BCUT2D eigenvalue weighted by Crippen LogP contribution is -2.32. The molecule has 0 saturated carbocycles. The first kappa shape index (κ1) is 15.0. The number of ether oxygens (including phenoxy) is 1. The zero-order valence-corrected chi connectivity index (χ0v) is 12.4. The fourth-order valence-corrected chi connectivity index (χ4v) is 2.97. The van der Waals surface area contributed by atoms with Crippen LogP contribution in [0.2, 0.25) is 0 Å². The molecule has 0 aromatic heterocycles. The Balaban J connectivity index is 2.19. The molecule has 0 amide bonds. The van der Waals surface area contributed by atoms with E-state index in [4.69, 9.17) is 4.74 Å². The van der Waals surface area contributed by atoms with Crippen molar-refractivity contribution in [2.45, 2.75) is 17.6 Å². The van der Waals surface area contributed by atoms with Crippen LogP contribution in [0.25, 0.3) is 0 Å². The van der Waals surface area contributed by atoms with E-state index in [9.17, 15) is 10.0 Å². The van der Waals surface area contributed by atoms with Crippen molar-refractivity contribution in [1.82, 2.24) is 0 Å². The van der Waals surface area contributed by atoms with Crippen molar-refractivity contribution in [1.29, 1.82) is 0 Å². The van der Waals surface area contributed by atoms with Crippen molar-refractivity contribution in [3.8, 4) is 5.75 Å². The zero-order valence-electron chi connectivity index (χ0n) is 11.5. The Morgan fingerprint density at radius 2 is 1.95 bits per heavy atom. The minimum atomic E-state index is -1.46. The Labute approximate surface area is 123 Å². The predicted molar refractivity (Wildman–Crippen MR) is 83.6 cm³/mol. The number of thioether (sulfide) groups is 1. The molecule has 5 heteroatoms. The summed E-state index contributed by atoms with van der Waals surface area (Å²) in [6, 6.07) is 13.5. The topological polar surface area (TPSA) is 49.7 Å². The molecular weight excluding hydrogens is 271 g/mol. The summed E-state index contributed by atoms with van der Waals surface area (Å²) < 4.78 is 5.19. The smallest absolute Gasteiger partial charge is 0.488 e. The largest absolute Gasteiger partial charge is 0.497 e. The van der Waals surface area contributed by atoms with Gasteiger partial charge in [0.25, 0.3) is 0 Å². The van der Waals surface area contributed by atoms with Crippen LogP contribution in [0.1, 0.15) is 11.1 Å². The van der Waals surface area contributed by atoms with Crippen LogP contribution in [0.15, 0.2) is 47.4 Å². The first-order valence-electron chi connectivity index (χ1n) is 6.32. The van der Waals surface area contributed by atoms with Gasteiger partial charge in [0.15, 0.2) is 0 Å². The van der Waals surface area contributed by atoms with Gasteiger partial charge in [-0.25, -0.2) is 0 Å². The molecule has 0 spiro atoms. The summed E-state index contributed by atoms with van der Waals surface area (Å²) in [6.45, 7) is 2.05. The molecule has 0 saturated heterocycles. The highest BCUT2D eigenvalue weighted by Crippen LogP contribution is 2.24. The number of methoxy groups -OCH3 is 1. The van der Waals surface area contributed by atoms with Gasteiger partial charge < -0.3 is 14.8 Å². The van der Waals surface area contributed by atoms with E-state index in [-0.39, 0.29) is 0 Å². The average molecular weight is 288 g/mol.